The molecule has 0 saturated carbocycles. The average molecular weight is 329 g/mol. The highest BCUT2D eigenvalue weighted by Gasteiger charge is 2.19. The molecule has 0 radical (unpaired) electrons. The van der Waals surface area contributed by atoms with Crippen LogP contribution in [0, 0.1) is 25.6 Å². The van der Waals surface area contributed by atoms with Crippen molar-refractivity contribution in [3.63, 3.8) is 0 Å². The largest absolute Gasteiger partial charge is 0.481 e. The Kier molecular flexibility index (Phi) is 5.68. The van der Waals surface area contributed by atoms with E-state index in [4.69, 9.17) is 0 Å². The number of carboxylic acid groups (broad SMARTS) is 1. The third-order valence-electron chi connectivity index (χ3n) is 3.73. The van der Waals surface area contributed by atoms with E-state index in [1.54, 1.807) is 13.0 Å². The minimum absolute atomic E-state index is 0.0162. The number of benzene rings is 2. The number of rotatable bonds is 6. The minimum atomic E-state index is -0.979. The van der Waals surface area contributed by atoms with Crippen molar-refractivity contribution in [3.05, 3.63) is 70.5 Å². The lowest BCUT2D eigenvalue weighted by molar-refractivity contribution is -0.141. The second-order valence-electron chi connectivity index (χ2n) is 5.96. The van der Waals surface area contributed by atoms with Gasteiger partial charge < -0.3 is 10.4 Å². The standard InChI is InChI=1S/C19H20FNO3/c1-12-4-3-5-14(6-12)9-16(19(23)24)11-21-18(22)15-7-13(2)8-17(20)10-15/h3-8,10,16H,9,11H2,1-2H3,(H,21,22)(H,23,24). The van der Waals surface area contributed by atoms with E-state index < -0.39 is 23.6 Å². The summed E-state index contributed by atoms with van der Waals surface area (Å²) < 4.78 is 13.4. The van der Waals surface area contributed by atoms with Crippen molar-refractivity contribution >= 4 is 11.9 Å². The Hall–Kier alpha value is -2.69. The van der Waals surface area contributed by atoms with Gasteiger partial charge in [-0.1, -0.05) is 29.8 Å². The summed E-state index contributed by atoms with van der Waals surface area (Å²) in [6.45, 7) is 3.61. The highest BCUT2D eigenvalue weighted by Crippen LogP contribution is 2.12. The van der Waals surface area contributed by atoms with Gasteiger partial charge >= 0.3 is 5.97 Å². The van der Waals surface area contributed by atoms with Crippen LogP contribution in [0.3, 0.4) is 0 Å². The summed E-state index contributed by atoms with van der Waals surface area (Å²) in [6, 6.07) is 11.6. The summed E-state index contributed by atoms with van der Waals surface area (Å²) >= 11 is 0. The van der Waals surface area contributed by atoms with Crippen molar-refractivity contribution in [2.75, 3.05) is 6.54 Å². The number of carboxylic acids is 1. The second-order valence-corrected chi connectivity index (χ2v) is 5.96. The summed E-state index contributed by atoms with van der Waals surface area (Å²) in [5.41, 5.74) is 2.77. The fourth-order valence-electron chi connectivity index (χ4n) is 2.56. The maximum absolute atomic E-state index is 13.4. The topological polar surface area (TPSA) is 66.4 Å². The molecule has 4 nitrogen and oxygen atoms in total. The van der Waals surface area contributed by atoms with Gasteiger partial charge in [0.25, 0.3) is 5.91 Å². The maximum atomic E-state index is 13.4. The number of hydrogen-bond donors (Lipinski definition) is 2. The maximum Gasteiger partial charge on any atom is 0.308 e. The number of aryl methyl sites for hydroxylation is 2. The second kappa shape index (κ2) is 7.73. The molecule has 0 saturated heterocycles. The van der Waals surface area contributed by atoms with Gasteiger partial charge in [0.2, 0.25) is 0 Å². The Bertz CT molecular complexity index is 738. The summed E-state index contributed by atoms with van der Waals surface area (Å²) in [4.78, 5) is 23.5. The lowest BCUT2D eigenvalue weighted by atomic mass is 9.98. The molecule has 2 rings (SSSR count). The van der Waals surface area contributed by atoms with Gasteiger partial charge in [-0.2, -0.15) is 0 Å². The van der Waals surface area contributed by atoms with Crippen LogP contribution in [-0.2, 0) is 11.2 Å². The lowest BCUT2D eigenvalue weighted by Gasteiger charge is -2.14. The number of carbonyl (C=O) groups excluding carboxylic acids is 1. The van der Waals surface area contributed by atoms with Crippen molar-refractivity contribution in [1.82, 2.24) is 5.32 Å². The SMILES string of the molecule is Cc1cccc(CC(CNC(=O)c2cc(C)cc(F)c2)C(=O)O)c1. The van der Waals surface area contributed by atoms with Gasteiger partial charge in [0, 0.05) is 12.1 Å². The molecule has 2 N–H and O–H groups in total. The molecule has 24 heavy (non-hydrogen) atoms. The van der Waals surface area contributed by atoms with E-state index in [9.17, 15) is 19.1 Å². The number of hydrogen-bond acceptors (Lipinski definition) is 2. The van der Waals surface area contributed by atoms with E-state index in [-0.39, 0.29) is 12.1 Å². The van der Waals surface area contributed by atoms with Crippen molar-refractivity contribution in [3.8, 4) is 0 Å². The molecular formula is C19H20FNO3. The first kappa shape index (κ1) is 17.7. The molecule has 126 valence electrons. The Morgan fingerprint density at radius 3 is 2.50 bits per heavy atom. The van der Waals surface area contributed by atoms with Crippen molar-refractivity contribution in [2.45, 2.75) is 20.3 Å². The van der Waals surface area contributed by atoms with E-state index >= 15 is 0 Å². The van der Waals surface area contributed by atoms with Crippen LogP contribution in [-0.4, -0.2) is 23.5 Å². The number of nitrogens with one attached hydrogen (secondary N) is 1. The molecule has 1 amide bonds. The monoisotopic (exact) mass is 329 g/mol. The van der Waals surface area contributed by atoms with Crippen LogP contribution in [0.15, 0.2) is 42.5 Å². The quantitative estimate of drug-likeness (QED) is 0.856. The number of amides is 1. The molecule has 2 aromatic rings. The molecule has 0 aliphatic heterocycles. The van der Waals surface area contributed by atoms with Crippen LogP contribution in [0.25, 0.3) is 0 Å². The predicted molar refractivity (Wildman–Crippen MR) is 89.5 cm³/mol. The van der Waals surface area contributed by atoms with E-state index in [1.165, 1.54) is 6.07 Å². The van der Waals surface area contributed by atoms with Crippen LogP contribution in [0.5, 0.6) is 0 Å². The zero-order chi connectivity index (χ0) is 17.7. The van der Waals surface area contributed by atoms with Gasteiger partial charge in [-0.3, -0.25) is 9.59 Å². The Morgan fingerprint density at radius 1 is 1.12 bits per heavy atom. The highest BCUT2D eigenvalue weighted by atomic mass is 19.1. The third kappa shape index (κ3) is 4.91. The van der Waals surface area contributed by atoms with Crippen molar-refractivity contribution in [1.29, 1.82) is 0 Å². The molecule has 0 heterocycles. The van der Waals surface area contributed by atoms with Gasteiger partial charge in [0.1, 0.15) is 5.82 Å². The number of carbonyl (C=O) groups is 2. The Balaban J connectivity index is 2.03. The Morgan fingerprint density at radius 2 is 1.88 bits per heavy atom. The number of aliphatic carboxylic acids is 1. The molecule has 2 aromatic carbocycles. The van der Waals surface area contributed by atoms with Crippen LogP contribution < -0.4 is 5.32 Å². The molecule has 1 atom stereocenters. The lowest BCUT2D eigenvalue weighted by Crippen LogP contribution is -2.34. The molecular weight excluding hydrogens is 309 g/mol. The van der Waals surface area contributed by atoms with Crippen LogP contribution in [0.4, 0.5) is 4.39 Å². The summed E-state index contributed by atoms with van der Waals surface area (Å²) in [5, 5.41) is 11.9. The molecule has 0 fully saturated rings. The van der Waals surface area contributed by atoms with E-state index in [0.717, 1.165) is 17.2 Å². The molecule has 0 aliphatic carbocycles. The third-order valence-corrected chi connectivity index (χ3v) is 3.73. The fourth-order valence-corrected chi connectivity index (χ4v) is 2.56. The normalized spacial score (nSPS) is 11.8. The molecule has 1 unspecified atom stereocenters. The van der Waals surface area contributed by atoms with E-state index in [0.29, 0.717) is 12.0 Å². The fraction of sp³-hybridized carbons (Fsp3) is 0.263. The van der Waals surface area contributed by atoms with Crippen LogP contribution >= 0.6 is 0 Å². The van der Waals surface area contributed by atoms with Crippen molar-refractivity contribution < 1.29 is 19.1 Å². The molecule has 0 bridgehead atoms. The van der Waals surface area contributed by atoms with Gasteiger partial charge in [-0.05, 0) is 49.6 Å². The molecule has 0 spiro atoms. The molecule has 5 heteroatoms. The Labute approximate surface area is 140 Å². The summed E-state index contributed by atoms with van der Waals surface area (Å²) in [5.74, 6) is -2.69. The summed E-state index contributed by atoms with van der Waals surface area (Å²) in [6.07, 6.45) is 0.319. The summed E-state index contributed by atoms with van der Waals surface area (Å²) in [7, 11) is 0. The van der Waals surface area contributed by atoms with Gasteiger partial charge in [0.15, 0.2) is 0 Å². The minimum Gasteiger partial charge on any atom is -0.481 e. The van der Waals surface area contributed by atoms with Gasteiger partial charge in [-0.25, -0.2) is 4.39 Å². The first-order chi connectivity index (χ1) is 11.3. The van der Waals surface area contributed by atoms with E-state index in [2.05, 4.69) is 5.32 Å². The smallest absolute Gasteiger partial charge is 0.308 e. The van der Waals surface area contributed by atoms with Gasteiger partial charge in [0.05, 0.1) is 5.92 Å². The zero-order valence-corrected chi connectivity index (χ0v) is 13.7. The molecule has 0 aromatic heterocycles. The number of halogens is 1. The van der Waals surface area contributed by atoms with Gasteiger partial charge in [-0.15, -0.1) is 0 Å². The van der Waals surface area contributed by atoms with Crippen molar-refractivity contribution in [2.24, 2.45) is 5.92 Å². The first-order valence-corrected chi connectivity index (χ1v) is 7.69. The highest BCUT2D eigenvalue weighted by molar-refractivity contribution is 5.94. The zero-order valence-electron chi connectivity index (χ0n) is 13.7. The van der Waals surface area contributed by atoms with Crippen LogP contribution in [0.2, 0.25) is 0 Å². The first-order valence-electron chi connectivity index (χ1n) is 7.69. The van der Waals surface area contributed by atoms with Crippen LogP contribution in [0.1, 0.15) is 27.0 Å². The molecule has 0 aliphatic rings. The predicted octanol–water partition coefficient (Wildman–Crippen LogP) is 3.12. The average Bonchev–Trinajstić information content (AvgIpc) is 2.50. The van der Waals surface area contributed by atoms with E-state index in [1.807, 2.05) is 31.2 Å².